The Kier molecular flexibility index (Phi) is 12.6. The summed E-state index contributed by atoms with van der Waals surface area (Å²) in [6.45, 7) is 5.87. The topological polar surface area (TPSA) is 70.5 Å². The van der Waals surface area contributed by atoms with Crippen LogP contribution >= 0.6 is 0 Å². The van der Waals surface area contributed by atoms with Gasteiger partial charge in [-0.1, -0.05) is 78.1 Å². The molecule has 0 saturated carbocycles. The van der Waals surface area contributed by atoms with E-state index in [9.17, 15) is 0 Å². The minimum absolute atomic E-state index is 0.551. The van der Waals surface area contributed by atoms with Gasteiger partial charge in [-0.05, 0) is 12.8 Å². The van der Waals surface area contributed by atoms with Crippen LogP contribution in [0.15, 0.2) is 12.1 Å². The number of hydrogen-bond acceptors (Lipinski definition) is 4. The smallest absolute Gasteiger partial charge is 0.163 e. The van der Waals surface area contributed by atoms with Crippen LogP contribution in [0.25, 0.3) is 0 Å². The molecule has 0 aliphatic carbocycles. The van der Waals surface area contributed by atoms with Crippen LogP contribution in [0.3, 0.4) is 0 Å². The first-order chi connectivity index (χ1) is 12.7. The number of rotatable bonds is 16. The van der Waals surface area contributed by atoms with Gasteiger partial charge in [0.15, 0.2) is 11.5 Å². The van der Waals surface area contributed by atoms with E-state index < -0.39 is 0 Å². The summed E-state index contributed by atoms with van der Waals surface area (Å²) in [5.41, 5.74) is 13.0. The zero-order valence-corrected chi connectivity index (χ0v) is 17.0. The molecule has 0 heterocycles. The zero-order valence-electron chi connectivity index (χ0n) is 17.0. The van der Waals surface area contributed by atoms with E-state index in [0.29, 0.717) is 24.6 Å². The van der Waals surface area contributed by atoms with Crippen molar-refractivity contribution in [3.63, 3.8) is 0 Å². The van der Waals surface area contributed by atoms with E-state index >= 15 is 0 Å². The number of benzene rings is 1. The number of hydrogen-bond donors (Lipinski definition) is 2. The van der Waals surface area contributed by atoms with Crippen molar-refractivity contribution < 1.29 is 9.47 Å². The molecule has 0 aliphatic heterocycles. The van der Waals surface area contributed by atoms with Gasteiger partial charge >= 0.3 is 0 Å². The summed E-state index contributed by atoms with van der Waals surface area (Å²) in [6, 6.07) is 3.59. The van der Waals surface area contributed by atoms with Crippen molar-refractivity contribution in [2.75, 3.05) is 24.7 Å². The number of nitrogen functional groups attached to an aromatic ring is 2. The Balaban J connectivity index is 2.35. The number of nitrogens with two attached hydrogens (primary N) is 2. The lowest BCUT2D eigenvalue weighted by Crippen LogP contribution is -2.05. The van der Waals surface area contributed by atoms with Gasteiger partial charge in [0.25, 0.3) is 0 Å². The van der Waals surface area contributed by atoms with E-state index in [1.54, 1.807) is 12.1 Å². The largest absolute Gasteiger partial charge is 0.490 e. The van der Waals surface area contributed by atoms with Gasteiger partial charge in [0.2, 0.25) is 0 Å². The highest BCUT2D eigenvalue weighted by Gasteiger charge is 2.09. The van der Waals surface area contributed by atoms with Gasteiger partial charge in [-0.15, -0.1) is 0 Å². The first kappa shape index (κ1) is 22.5. The Bertz CT molecular complexity index is 434. The van der Waals surface area contributed by atoms with Gasteiger partial charge < -0.3 is 20.9 Å². The Morgan fingerprint density at radius 2 is 0.923 bits per heavy atom. The molecule has 4 nitrogen and oxygen atoms in total. The number of ether oxygens (including phenoxy) is 2. The maximum Gasteiger partial charge on any atom is 0.163 e. The van der Waals surface area contributed by atoms with Crippen LogP contribution in [0, 0.1) is 0 Å². The molecule has 0 radical (unpaired) electrons. The normalized spacial score (nSPS) is 10.8. The van der Waals surface area contributed by atoms with Gasteiger partial charge in [-0.3, -0.25) is 0 Å². The summed E-state index contributed by atoms with van der Waals surface area (Å²) < 4.78 is 11.9. The molecule has 0 unspecified atom stereocenters. The predicted octanol–water partition coefficient (Wildman–Crippen LogP) is 6.33. The summed E-state index contributed by atoms with van der Waals surface area (Å²) in [4.78, 5) is 0. The van der Waals surface area contributed by atoms with Crippen molar-refractivity contribution in [2.45, 2.75) is 90.9 Å². The van der Waals surface area contributed by atoms with Gasteiger partial charge in [0.1, 0.15) is 0 Å². The maximum atomic E-state index is 5.94. The Labute approximate surface area is 160 Å². The SMILES string of the molecule is CCCCCCCCOc1cc(N)c(N)cc1OCCCCCCCC. The van der Waals surface area contributed by atoms with E-state index in [2.05, 4.69) is 13.8 Å². The zero-order chi connectivity index (χ0) is 19.0. The van der Waals surface area contributed by atoms with Crippen LogP contribution in [0.2, 0.25) is 0 Å². The van der Waals surface area contributed by atoms with E-state index in [1.165, 1.54) is 64.2 Å². The second kappa shape index (κ2) is 14.6. The fraction of sp³-hybridized carbons (Fsp3) is 0.727. The predicted molar refractivity (Wildman–Crippen MR) is 113 cm³/mol. The van der Waals surface area contributed by atoms with Gasteiger partial charge in [0.05, 0.1) is 24.6 Å². The average Bonchev–Trinajstić information content (AvgIpc) is 2.63. The van der Waals surface area contributed by atoms with Crippen LogP contribution in [0.5, 0.6) is 11.5 Å². The highest BCUT2D eigenvalue weighted by atomic mass is 16.5. The summed E-state index contributed by atoms with van der Waals surface area (Å²) in [5, 5.41) is 0. The van der Waals surface area contributed by atoms with Crippen molar-refractivity contribution in [3.05, 3.63) is 12.1 Å². The van der Waals surface area contributed by atoms with E-state index in [4.69, 9.17) is 20.9 Å². The first-order valence-electron chi connectivity index (χ1n) is 10.6. The van der Waals surface area contributed by atoms with Crippen LogP contribution < -0.4 is 20.9 Å². The van der Waals surface area contributed by atoms with Crippen molar-refractivity contribution in [3.8, 4) is 11.5 Å². The minimum Gasteiger partial charge on any atom is -0.490 e. The summed E-state index contributed by atoms with van der Waals surface area (Å²) in [7, 11) is 0. The third-order valence-corrected chi connectivity index (χ3v) is 4.66. The third-order valence-electron chi connectivity index (χ3n) is 4.66. The molecule has 0 amide bonds. The molecule has 1 aromatic carbocycles. The van der Waals surface area contributed by atoms with Gasteiger partial charge in [-0.2, -0.15) is 0 Å². The molecule has 0 fully saturated rings. The lowest BCUT2D eigenvalue weighted by molar-refractivity contribution is 0.258. The van der Waals surface area contributed by atoms with Crippen molar-refractivity contribution in [2.24, 2.45) is 0 Å². The quantitative estimate of drug-likeness (QED) is 0.265. The molecule has 4 heteroatoms. The van der Waals surface area contributed by atoms with E-state index in [0.717, 1.165) is 24.3 Å². The average molecular weight is 365 g/mol. The highest BCUT2D eigenvalue weighted by molar-refractivity contribution is 5.69. The molecule has 0 spiro atoms. The Morgan fingerprint density at radius 3 is 1.31 bits per heavy atom. The molecule has 0 bridgehead atoms. The molecule has 4 N–H and O–H groups in total. The standard InChI is InChI=1S/C22H40N2O2/c1-3-5-7-9-11-13-15-25-21-17-19(23)20(24)18-22(21)26-16-14-12-10-8-6-4-2/h17-18H,3-16,23-24H2,1-2H3. The molecule has 1 aromatic rings. The van der Waals surface area contributed by atoms with Crippen molar-refractivity contribution >= 4 is 11.4 Å². The van der Waals surface area contributed by atoms with Crippen LogP contribution in [-0.2, 0) is 0 Å². The van der Waals surface area contributed by atoms with Gasteiger partial charge in [-0.25, -0.2) is 0 Å². The summed E-state index contributed by atoms with van der Waals surface area (Å²) in [6.07, 6.45) is 14.9. The number of unbranched alkanes of at least 4 members (excludes halogenated alkanes) is 10. The van der Waals surface area contributed by atoms with E-state index in [-0.39, 0.29) is 0 Å². The third kappa shape index (κ3) is 9.79. The molecule has 0 aliphatic rings. The molecular formula is C22H40N2O2. The number of anilines is 2. The van der Waals surface area contributed by atoms with Crippen LogP contribution in [0.4, 0.5) is 11.4 Å². The van der Waals surface area contributed by atoms with E-state index in [1.807, 2.05) is 0 Å². The minimum atomic E-state index is 0.551. The molecule has 0 atom stereocenters. The van der Waals surface area contributed by atoms with Crippen molar-refractivity contribution in [1.29, 1.82) is 0 Å². The molecule has 26 heavy (non-hydrogen) atoms. The highest BCUT2D eigenvalue weighted by Crippen LogP contribution is 2.34. The second-order valence-corrected chi connectivity index (χ2v) is 7.16. The molecule has 1 rings (SSSR count). The molecule has 0 saturated heterocycles. The molecular weight excluding hydrogens is 324 g/mol. The summed E-state index contributed by atoms with van der Waals surface area (Å²) in [5.74, 6) is 1.44. The second-order valence-electron chi connectivity index (χ2n) is 7.16. The fourth-order valence-corrected chi connectivity index (χ4v) is 2.95. The molecule has 0 aromatic heterocycles. The summed E-state index contributed by atoms with van der Waals surface area (Å²) >= 11 is 0. The Morgan fingerprint density at radius 1 is 0.577 bits per heavy atom. The molecule has 150 valence electrons. The lowest BCUT2D eigenvalue weighted by atomic mass is 10.1. The first-order valence-corrected chi connectivity index (χ1v) is 10.6. The van der Waals surface area contributed by atoms with Gasteiger partial charge in [0, 0.05) is 12.1 Å². The van der Waals surface area contributed by atoms with Crippen molar-refractivity contribution in [1.82, 2.24) is 0 Å². The Hall–Kier alpha value is -1.58. The lowest BCUT2D eigenvalue weighted by Gasteiger charge is -2.15. The van der Waals surface area contributed by atoms with Crippen LogP contribution in [-0.4, -0.2) is 13.2 Å². The van der Waals surface area contributed by atoms with Crippen LogP contribution in [0.1, 0.15) is 90.9 Å². The monoisotopic (exact) mass is 364 g/mol. The fourth-order valence-electron chi connectivity index (χ4n) is 2.95. The maximum absolute atomic E-state index is 5.94.